The zero-order valence-electron chi connectivity index (χ0n) is 20.0. The third-order valence-corrected chi connectivity index (χ3v) is 10.9. The van der Waals surface area contributed by atoms with E-state index >= 15 is 0 Å². The molecule has 5 rings (SSSR count). The highest BCUT2D eigenvalue weighted by atomic mass is 32.2. The molecule has 0 amide bonds. The van der Waals surface area contributed by atoms with E-state index in [1.54, 1.807) is 0 Å². The fourth-order valence-electron chi connectivity index (χ4n) is 7.00. The number of hydrogen-bond acceptors (Lipinski definition) is 3. The lowest BCUT2D eigenvalue weighted by molar-refractivity contribution is -0.0468. The highest BCUT2D eigenvalue weighted by molar-refractivity contribution is 7.93. The number of likely N-dealkylation sites (tertiary alicyclic amines) is 1. The summed E-state index contributed by atoms with van der Waals surface area (Å²) >= 11 is 0. The predicted octanol–water partition coefficient (Wildman–Crippen LogP) is 5.49. The summed E-state index contributed by atoms with van der Waals surface area (Å²) in [6.45, 7) is 10.8. The second-order valence-electron chi connectivity index (χ2n) is 11.0. The Morgan fingerprint density at radius 2 is 1.94 bits per heavy atom. The maximum absolute atomic E-state index is 13.4. The molecule has 0 spiro atoms. The first kappa shape index (κ1) is 24.0. The Kier molecular flexibility index (Phi) is 5.96. The van der Waals surface area contributed by atoms with Crippen molar-refractivity contribution in [2.45, 2.75) is 86.8 Å². The van der Waals surface area contributed by atoms with Crippen LogP contribution in [0.4, 0.5) is 14.5 Å². The molecule has 186 valence electrons. The number of nitrogens with zero attached hydrogens (tertiary/aromatic N) is 2. The van der Waals surface area contributed by atoms with Crippen LogP contribution in [0.3, 0.4) is 0 Å². The fraction of sp³-hybridized carbons (Fsp3) is 0.731. The number of benzene rings is 1. The van der Waals surface area contributed by atoms with Gasteiger partial charge in [0.1, 0.15) is 0 Å². The molecule has 1 aromatic carbocycles. The lowest BCUT2D eigenvalue weighted by Gasteiger charge is -2.29. The maximum Gasteiger partial charge on any atom is 0.308 e. The number of hydrogen-bond donors (Lipinski definition) is 1. The number of piperidine rings is 1. The molecule has 0 unspecified atom stereocenters. The van der Waals surface area contributed by atoms with Crippen LogP contribution in [0.5, 0.6) is 0 Å². The summed E-state index contributed by atoms with van der Waals surface area (Å²) in [5, 5.41) is -0.263. The third kappa shape index (κ3) is 4.03. The van der Waals surface area contributed by atoms with E-state index in [9.17, 15) is 17.2 Å². The molecular formula is C26H36F2N3O2S+. The molecule has 1 N–H and O–H groups in total. The van der Waals surface area contributed by atoms with E-state index in [1.807, 2.05) is 18.2 Å². The van der Waals surface area contributed by atoms with Crippen LogP contribution in [0.1, 0.15) is 70.3 Å². The number of rotatable bonds is 9. The first-order valence-corrected chi connectivity index (χ1v) is 14.3. The van der Waals surface area contributed by atoms with Gasteiger partial charge in [0.25, 0.3) is 6.57 Å². The number of sulfonamides is 1. The van der Waals surface area contributed by atoms with Gasteiger partial charge in [-0.15, -0.1) is 0 Å². The summed E-state index contributed by atoms with van der Waals surface area (Å²) in [5.74, 6) is -1.74. The quantitative estimate of drug-likeness (QED) is 0.496. The summed E-state index contributed by atoms with van der Waals surface area (Å²) in [5.41, 5.74) is 1.20. The number of nitrogens with one attached hydrogen (secondary N) is 1. The molecule has 1 saturated heterocycles. The van der Waals surface area contributed by atoms with E-state index < -0.39 is 15.9 Å². The predicted molar refractivity (Wildman–Crippen MR) is 131 cm³/mol. The van der Waals surface area contributed by atoms with Gasteiger partial charge in [-0.2, -0.15) is 0 Å². The molecule has 3 saturated carbocycles. The van der Waals surface area contributed by atoms with Crippen molar-refractivity contribution in [3.8, 4) is 6.57 Å². The Hall–Kier alpha value is -1.72. The van der Waals surface area contributed by atoms with E-state index in [1.165, 1.54) is 0 Å². The molecule has 3 atom stereocenters. The van der Waals surface area contributed by atoms with Gasteiger partial charge in [-0.25, -0.2) is 17.2 Å². The Morgan fingerprint density at radius 1 is 1.21 bits per heavy atom. The fourth-order valence-corrected chi connectivity index (χ4v) is 8.37. The topological polar surface area (TPSA) is 53.8 Å². The van der Waals surface area contributed by atoms with Gasteiger partial charge in [0.15, 0.2) is 0 Å². The molecule has 1 heterocycles. The molecule has 0 aromatic heterocycles. The Morgan fingerprint density at radius 3 is 2.56 bits per heavy atom. The first-order chi connectivity index (χ1) is 16.2. The molecule has 8 heteroatoms. The lowest BCUT2D eigenvalue weighted by atomic mass is 9.84. The molecule has 0 bridgehead atoms. The van der Waals surface area contributed by atoms with E-state index in [0.29, 0.717) is 30.4 Å². The van der Waals surface area contributed by atoms with Gasteiger partial charge in [0.05, 0.1) is 23.1 Å². The van der Waals surface area contributed by atoms with E-state index in [4.69, 9.17) is 6.57 Å². The van der Waals surface area contributed by atoms with Crippen molar-refractivity contribution in [1.29, 1.82) is 0 Å². The largest absolute Gasteiger partial charge is 0.308 e. The van der Waals surface area contributed by atoms with Crippen LogP contribution in [0, 0.1) is 18.4 Å². The standard InChI is InChI=1S/C26H36F2N3O2S/c1-3-25(20-7-4-8-21(16-20)30-34(32,33)22-9-10-22)23-17-31(18-26(23,25)29-2)15-5-6-19-11-13-24(27,28)14-12-19/h2,4,7-8,16,19,22-23,30H,3,5-6,9-15,17-18H2,1H3/q+1/t23-,25-,26+/m1/s1. The number of alkyl halides is 2. The van der Waals surface area contributed by atoms with Crippen molar-refractivity contribution >= 4 is 15.7 Å². The van der Waals surface area contributed by atoms with Crippen LogP contribution in [0.2, 0.25) is 0 Å². The Balaban J connectivity index is 1.22. The molecule has 0 radical (unpaired) electrons. The minimum absolute atomic E-state index is 0.0352. The maximum atomic E-state index is 13.4. The molecule has 34 heavy (non-hydrogen) atoms. The van der Waals surface area contributed by atoms with Gasteiger partial charge < -0.3 is 0 Å². The number of halogens is 2. The van der Waals surface area contributed by atoms with Crippen molar-refractivity contribution in [2.24, 2.45) is 11.8 Å². The van der Waals surface area contributed by atoms with Crippen molar-refractivity contribution < 1.29 is 17.2 Å². The van der Waals surface area contributed by atoms with Gasteiger partial charge in [0, 0.05) is 25.1 Å². The highest BCUT2D eigenvalue weighted by Gasteiger charge is 2.89. The SMILES string of the molecule is C#[N+][C@@]12CN(CCCC3CCC(F)(F)CC3)C[C@@H]1[C@@]2(CC)c1cccc(NS(=O)(=O)C2CC2)c1. The molecular weight excluding hydrogens is 456 g/mol. The van der Waals surface area contributed by atoms with Crippen LogP contribution in [-0.4, -0.2) is 49.7 Å². The third-order valence-electron chi connectivity index (χ3n) is 9.08. The number of anilines is 1. The summed E-state index contributed by atoms with van der Waals surface area (Å²) in [6, 6.07) is 7.77. The van der Waals surface area contributed by atoms with E-state index in [-0.39, 0.29) is 29.0 Å². The first-order valence-electron chi connectivity index (χ1n) is 12.8. The van der Waals surface area contributed by atoms with Gasteiger partial charge in [-0.1, -0.05) is 23.9 Å². The van der Waals surface area contributed by atoms with Crippen molar-refractivity contribution in [3.05, 3.63) is 34.7 Å². The highest BCUT2D eigenvalue weighted by Crippen LogP contribution is 2.70. The summed E-state index contributed by atoms with van der Waals surface area (Å²) in [4.78, 5) is 6.86. The Bertz CT molecular complexity index is 1070. The lowest BCUT2D eigenvalue weighted by Crippen LogP contribution is -2.36. The van der Waals surface area contributed by atoms with Crippen molar-refractivity contribution in [2.75, 3.05) is 24.4 Å². The monoisotopic (exact) mass is 492 g/mol. The molecule has 4 fully saturated rings. The zero-order valence-corrected chi connectivity index (χ0v) is 20.8. The van der Waals surface area contributed by atoms with Crippen molar-refractivity contribution in [3.63, 3.8) is 0 Å². The molecule has 1 aliphatic heterocycles. The summed E-state index contributed by atoms with van der Waals surface area (Å²) in [6.07, 6.45) is 5.72. The second-order valence-corrected chi connectivity index (χ2v) is 13.0. The smallest absolute Gasteiger partial charge is 0.295 e. The van der Waals surface area contributed by atoms with Gasteiger partial charge >= 0.3 is 5.54 Å². The van der Waals surface area contributed by atoms with E-state index in [2.05, 4.69) is 27.5 Å². The zero-order chi connectivity index (χ0) is 24.2. The second kappa shape index (κ2) is 8.44. The van der Waals surface area contributed by atoms with E-state index in [0.717, 1.165) is 57.3 Å². The van der Waals surface area contributed by atoms with Crippen LogP contribution >= 0.6 is 0 Å². The molecule has 1 aromatic rings. The minimum Gasteiger partial charge on any atom is -0.295 e. The molecule has 5 nitrogen and oxygen atoms in total. The molecule has 4 aliphatic rings. The van der Waals surface area contributed by atoms with Gasteiger partial charge in [-0.3, -0.25) is 9.62 Å². The van der Waals surface area contributed by atoms with Crippen LogP contribution < -0.4 is 4.72 Å². The Labute approximate surface area is 202 Å². The van der Waals surface area contributed by atoms with Gasteiger partial charge in [-0.05, 0) is 75.1 Å². The van der Waals surface area contributed by atoms with Crippen LogP contribution in [0.25, 0.3) is 4.85 Å². The summed E-state index contributed by atoms with van der Waals surface area (Å²) in [7, 11) is -3.31. The van der Waals surface area contributed by atoms with Crippen molar-refractivity contribution in [1.82, 2.24) is 4.90 Å². The number of fused-ring (bicyclic) bond motifs is 1. The molecule has 3 aliphatic carbocycles. The minimum atomic E-state index is -3.31. The summed E-state index contributed by atoms with van der Waals surface area (Å²) < 4.78 is 54.4. The van der Waals surface area contributed by atoms with Crippen LogP contribution in [0.15, 0.2) is 24.3 Å². The average molecular weight is 493 g/mol. The van der Waals surface area contributed by atoms with Crippen LogP contribution in [-0.2, 0) is 15.4 Å². The normalized spacial score (nSPS) is 33.3. The van der Waals surface area contributed by atoms with Gasteiger partial charge in [0.2, 0.25) is 15.9 Å². The average Bonchev–Trinajstić information content (AvgIpc) is 3.70.